The molecule has 0 spiro atoms. The smallest absolute Gasteiger partial charge is 0.320 e. The molecular formula is C11H20F4N2O3. The van der Waals surface area contributed by atoms with Gasteiger partial charge < -0.3 is 15.7 Å². The molecule has 0 aromatic heterocycles. The van der Waals surface area contributed by atoms with Crippen LogP contribution in [0.3, 0.4) is 0 Å². The van der Waals surface area contributed by atoms with Crippen LogP contribution in [0.1, 0.15) is 19.8 Å². The Morgan fingerprint density at radius 2 is 1.50 bits per heavy atom. The van der Waals surface area contributed by atoms with E-state index in [1.807, 2.05) is 0 Å². The Morgan fingerprint density at radius 3 is 1.70 bits per heavy atom. The zero-order valence-corrected chi connectivity index (χ0v) is 11.5. The number of carboxylic acids is 1. The summed E-state index contributed by atoms with van der Waals surface area (Å²) in [6, 6.07) is -1.44. The highest BCUT2D eigenvalue weighted by atomic mass is 19.3. The van der Waals surface area contributed by atoms with E-state index in [2.05, 4.69) is 0 Å². The van der Waals surface area contributed by atoms with Gasteiger partial charge in [0.05, 0.1) is 0 Å². The average Bonchev–Trinajstić information content (AvgIpc) is 2.26. The van der Waals surface area contributed by atoms with Crippen LogP contribution < -0.4 is 5.73 Å². The summed E-state index contributed by atoms with van der Waals surface area (Å²) >= 11 is 0. The van der Waals surface area contributed by atoms with Crippen LogP contribution in [0.15, 0.2) is 0 Å². The molecule has 0 saturated carbocycles. The predicted octanol–water partition coefficient (Wildman–Crippen LogP) is 1.42. The van der Waals surface area contributed by atoms with Crippen LogP contribution in [0.2, 0.25) is 0 Å². The van der Waals surface area contributed by atoms with Gasteiger partial charge in [-0.15, -0.1) is 0 Å². The van der Waals surface area contributed by atoms with Gasteiger partial charge in [-0.3, -0.25) is 9.59 Å². The Labute approximate surface area is 114 Å². The van der Waals surface area contributed by atoms with Gasteiger partial charge in [0.15, 0.2) is 0 Å². The van der Waals surface area contributed by atoms with E-state index in [1.54, 1.807) is 14.1 Å². The van der Waals surface area contributed by atoms with Crippen molar-refractivity contribution in [3.8, 4) is 0 Å². The van der Waals surface area contributed by atoms with E-state index >= 15 is 0 Å². The van der Waals surface area contributed by atoms with E-state index in [4.69, 9.17) is 10.8 Å². The first-order valence-corrected chi connectivity index (χ1v) is 5.74. The van der Waals surface area contributed by atoms with Gasteiger partial charge >= 0.3 is 5.97 Å². The second-order valence-corrected chi connectivity index (χ2v) is 4.33. The number of carboxylic acid groups (broad SMARTS) is 1. The Bertz CT molecular complexity index is 301. The van der Waals surface area contributed by atoms with Crippen LogP contribution >= 0.6 is 0 Å². The number of carbonyl (C=O) groups is 2. The van der Waals surface area contributed by atoms with Crippen LogP contribution in [0.4, 0.5) is 17.6 Å². The highest BCUT2D eigenvalue weighted by Crippen LogP contribution is 2.11. The third kappa shape index (κ3) is 11.7. The molecule has 0 radical (unpaired) electrons. The highest BCUT2D eigenvalue weighted by molar-refractivity contribution is 5.77. The maximum atomic E-state index is 11.7. The molecule has 120 valence electrons. The third-order valence-electron chi connectivity index (χ3n) is 2.14. The van der Waals surface area contributed by atoms with Crippen molar-refractivity contribution in [2.24, 2.45) is 11.7 Å². The molecule has 0 fully saturated rings. The van der Waals surface area contributed by atoms with Crippen molar-refractivity contribution in [2.75, 3.05) is 14.1 Å². The standard InChI is InChI=1S/C7H13F2NO.C4H7F2NO2/c1-5(4-6(8)9)7(11)10(2)3;5-3(6)1-2(7)4(8)9/h5-6H,4H2,1-3H3;2-3H,1,7H2,(H,8,9). The van der Waals surface area contributed by atoms with Crippen molar-refractivity contribution in [1.29, 1.82) is 0 Å². The van der Waals surface area contributed by atoms with Crippen LogP contribution in [-0.2, 0) is 9.59 Å². The number of hydrogen-bond donors (Lipinski definition) is 2. The van der Waals surface area contributed by atoms with Gasteiger partial charge in [-0.25, -0.2) is 17.6 Å². The lowest BCUT2D eigenvalue weighted by Gasteiger charge is -2.15. The molecule has 0 aliphatic rings. The summed E-state index contributed by atoms with van der Waals surface area (Å²) in [6.07, 6.45) is -6.17. The first-order valence-electron chi connectivity index (χ1n) is 5.74. The zero-order chi connectivity index (χ0) is 16.5. The largest absolute Gasteiger partial charge is 0.480 e. The Morgan fingerprint density at radius 1 is 1.10 bits per heavy atom. The van der Waals surface area contributed by atoms with Gasteiger partial charge in [0.2, 0.25) is 18.8 Å². The molecule has 0 rings (SSSR count). The fourth-order valence-electron chi connectivity index (χ4n) is 1.10. The predicted molar refractivity (Wildman–Crippen MR) is 64.7 cm³/mol. The molecule has 1 amide bonds. The summed E-state index contributed by atoms with van der Waals surface area (Å²) in [7, 11) is 3.12. The average molecular weight is 304 g/mol. The molecule has 0 heterocycles. The van der Waals surface area contributed by atoms with E-state index in [1.165, 1.54) is 11.8 Å². The minimum Gasteiger partial charge on any atom is -0.480 e. The fourth-order valence-corrected chi connectivity index (χ4v) is 1.10. The number of halogens is 4. The molecular weight excluding hydrogens is 284 g/mol. The Hall–Kier alpha value is -1.38. The lowest BCUT2D eigenvalue weighted by Crippen LogP contribution is -2.31. The van der Waals surface area contributed by atoms with Crippen LogP contribution in [0.5, 0.6) is 0 Å². The van der Waals surface area contributed by atoms with Gasteiger partial charge in [0.25, 0.3) is 0 Å². The number of hydrogen-bond acceptors (Lipinski definition) is 3. The summed E-state index contributed by atoms with van der Waals surface area (Å²) in [5.74, 6) is -2.22. The molecule has 0 aliphatic heterocycles. The van der Waals surface area contributed by atoms with Crippen molar-refractivity contribution in [2.45, 2.75) is 38.7 Å². The maximum Gasteiger partial charge on any atom is 0.320 e. The molecule has 2 unspecified atom stereocenters. The lowest BCUT2D eigenvalue weighted by molar-refractivity contribution is -0.139. The van der Waals surface area contributed by atoms with Crippen LogP contribution in [0.25, 0.3) is 0 Å². The van der Waals surface area contributed by atoms with Crippen molar-refractivity contribution >= 4 is 11.9 Å². The second-order valence-electron chi connectivity index (χ2n) is 4.33. The van der Waals surface area contributed by atoms with E-state index in [9.17, 15) is 27.2 Å². The van der Waals surface area contributed by atoms with Gasteiger partial charge in [-0.1, -0.05) is 6.92 Å². The molecule has 9 heteroatoms. The van der Waals surface area contributed by atoms with Gasteiger partial charge in [-0.2, -0.15) is 0 Å². The van der Waals surface area contributed by atoms with Crippen LogP contribution in [-0.4, -0.2) is 54.9 Å². The first-order chi connectivity index (χ1) is 8.98. The molecule has 0 aliphatic carbocycles. The number of nitrogens with two attached hydrogens (primary N) is 1. The van der Waals surface area contributed by atoms with Gasteiger partial charge in [-0.05, 0) is 0 Å². The Kier molecular flexibility index (Phi) is 10.9. The topological polar surface area (TPSA) is 83.6 Å². The Balaban J connectivity index is 0. The fraction of sp³-hybridized carbons (Fsp3) is 0.818. The summed E-state index contributed by atoms with van der Waals surface area (Å²) in [5.41, 5.74) is 4.74. The number of alkyl halides is 4. The van der Waals surface area contributed by atoms with E-state index in [-0.39, 0.29) is 12.3 Å². The normalized spacial score (nSPS) is 13.5. The third-order valence-corrected chi connectivity index (χ3v) is 2.14. The molecule has 0 bridgehead atoms. The van der Waals surface area contributed by atoms with Crippen molar-refractivity contribution in [1.82, 2.24) is 4.90 Å². The van der Waals surface area contributed by atoms with E-state index in [0.29, 0.717) is 0 Å². The SMILES string of the molecule is CC(CC(F)F)C(=O)N(C)C.NC(CC(F)F)C(=O)O. The van der Waals surface area contributed by atoms with Crippen molar-refractivity contribution < 1.29 is 32.3 Å². The number of amides is 1. The minimum absolute atomic E-state index is 0.245. The second kappa shape index (κ2) is 10.4. The van der Waals surface area contributed by atoms with Gasteiger partial charge in [0, 0.05) is 32.9 Å². The summed E-state index contributed by atoms with van der Waals surface area (Å²) < 4.78 is 46.1. The molecule has 2 atom stereocenters. The highest BCUT2D eigenvalue weighted by Gasteiger charge is 2.19. The molecule has 5 nitrogen and oxygen atoms in total. The summed E-state index contributed by atoms with van der Waals surface area (Å²) in [4.78, 5) is 22.1. The monoisotopic (exact) mass is 304 g/mol. The minimum atomic E-state index is -2.64. The lowest BCUT2D eigenvalue weighted by atomic mass is 10.1. The zero-order valence-electron chi connectivity index (χ0n) is 11.5. The maximum absolute atomic E-state index is 11.7. The molecule has 0 aromatic rings. The van der Waals surface area contributed by atoms with Crippen molar-refractivity contribution in [3.63, 3.8) is 0 Å². The first kappa shape index (κ1) is 20.9. The van der Waals surface area contributed by atoms with Crippen molar-refractivity contribution in [3.05, 3.63) is 0 Å². The number of nitrogens with zero attached hydrogens (tertiary/aromatic N) is 1. The summed E-state index contributed by atoms with van der Waals surface area (Å²) in [5, 5.41) is 7.97. The quantitative estimate of drug-likeness (QED) is 0.727. The molecule has 3 N–H and O–H groups in total. The number of carbonyl (C=O) groups excluding carboxylic acids is 1. The van der Waals surface area contributed by atoms with Gasteiger partial charge in [0.1, 0.15) is 6.04 Å². The number of aliphatic carboxylic acids is 1. The summed E-state index contributed by atoms with van der Waals surface area (Å²) in [6.45, 7) is 1.51. The van der Waals surface area contributed by atoms with E-state index < -0.39 is 37.2 Å². The number of rotatable bonds is 6. The van der Waals surface area contributed by atoms with Crippen LogP contribution in [0, 0.1) is 5.92 Å². The molecule has 0 aromatic carbocycles. The van der Waals surface area contributed by atoms with E-state index in [0.717, 1.165) is 0 Å². The molecule has 20 heavy (non-hydrogen) atoms. The molecule has 0 saturated heterocycles.